The molecule has 2 aromatic rings. The lowest BCUT2D eigenvalue weighted by Gasteiger charge is -2.24. The van der Waals surface area contributed by atoms with Crippen molar-refractivity contribution in [3.05, 3.63) is 71.8 Å². The number of methoxy groups -OCH3 is 1. The molecule has 0 aliphatic carbocycles. The maximum Gasteiger partial charge on any atom is 0.186 e. The highest BCUT2D eigenvalue weighted by Gasteiger charge is 2.47. The van der Waals surface area contributed by atoms with E-state index in [1.807, 2.05) is 60.7 Å². The predicted molar refractivity (Wildman–Crippen MR) is 113 cm³/mol. The van der Waals surface area contributed by atoms with E-state index in [2.05, 4.69) is 21.2 Å². The fourth-order valence-electron chi connectivity index (χ4n) is 3.02. The molecule has 1 saturated heterocycles. The Morgan fingerprint density at radius 3 is 1.96 bits per heavy atom. The van der Waals surface area contributed by atoms with Crippen molar-refractivity contribution in [3.63, 3.8) is 0 Å². The quantitative estimate of drug-likeness (QED) is 0.351. The summed E-state index contributed by atoms with van der Waals surface area (Å²) in [7, 11) is 2.90. The van der Waals surface area contributed by atoms with Crippen LogP contribution in [0.25, 0.3) is 0 Å². The first kappa shape index (κ1) is 21.0. The molecule has 1 aliphatic rings. The van der Waals surface area contributed by atoms with Gasteiger partial charge in [0.1, 0.15) is 18.3 Å². The number of hydrogen-bond acceptors (Lipinski definition) is 6. The van der Waals surface area contributed by atoms with E-state index in [0.717, 1.165) is 11.1 Å². The number of hydrogen-bond donors (Lipinski definition) is 0. The molecule has 0 radical (unpaired) electrons. The Hall–Kier alpha value is -0.680. The van der Waals surface area contributed by atoms with Crippen molar-refractivity contribution in [2.24, 2.45) is 0 Å². The van der Waals surface area contributed by atoms with Crippen LogP contribution in [-0.4, -0.2) is 38.3 Å². The smallest absolute Gasteiger partial charge is 0.186 e. The Labute approximate surface area is 176 Å². The zero-order valence-electron chi connectivity index (χ0n) is 15.0. The van der Waals surface area contributed by atoms with Crippen LogP contribution in [0, 0.1) is 0 Å². The second-order valence-corrected chi connectivity index (χ2v) is 7.59. The number of rotatable bonds is 10. The standard InChI is InChI=1S/C20H23IO5S/c1-22-20-19(24-13-16-10-6-3-7-11-16)18(17(26-20)14-25-27-21)23-12-15-8-4-2-5-9-15/h2-11,17-20H,12-14H2,1H3. The van der Waals surface area contributed by atoms with Crippen LogP contribution in [0.15, 0.2) is 60.7 Å². The second kappa shape index (κ2) is 11.4. The second-order valence-electron chi connectivity index (χ2n) is 6.15. The third-order valence-electron chi connectivity index (χ3n) is 4.35. The summed E-state index contributed by atoms with van der Waals surface area (Å²) in [5.41, 5.74) is 2.19. The van der Waals surface area contributed by atoms with E-state index in [1.54, 1.807) is 7.11 Å². The van der Waals surface area contributed by atoms with Gasteiger partial charge in [0.15, 0.2) is 6.29 Å². The Kier molecular flexibility index (Phi) is 8.85. The Bertz CT molecular complexity index is 660. The van der Waals surface area contributed by atoms with Gasteiger partial charge in [-0.25, -0.2) is 0 Å². The monoisotopic (exact) mass is 502 g/mol. The minimum Gasteiger partial charge on any atom is -0.368 e. The highest BCUT2D eigenvalue weighted by molar-refractivity contribution is 14.2. The maximum absolute atomic E-state index is 6.21. The minimum atomic E-state index is -0.498. The minimum absolute atomic E-state index is 0.262. The molecule has 1 fully saturated rings. The molecule has 27 heavy (non-hydrogen) atoms. The van der Waals surface area contributed by atoms with Gasteiger partial charge in [0.05, 0.1) is 29.0 Å². The summed E-state index contributed by atoms with van der Waals surface area (Å²) >= 11 is 2.09. The maximum atomic E-state index is 6.21. The molecule has 0 aromatic heterocycles. The topological polar surface area (TPSA) is 46.2 Å². The van der Waals surface area contributed by atoms with Crippen LogP contribution in [0.5, 0.6) is 0 Å². The van der Waals surface area contributed by atoms with Gasteiger partial charge in [0, 0.05) is 28.3 Å². The Balaban J connectivity index is 1.68. The molecule has 0 bridgehead atoms. The van der Waals surface area contributed by atoms with Gasteiger partial charge in [0.25, 0.3) is 0 Å². The van der Waals surface area contributed by atoms with Crippen LogP contribution in [-0.2, 0) is 36.3 Å². The summed E-state index contributed by atoms with van der Waals surface area (Å²) in [6.45, 7) is 1.34. The summed E-state index contributed by atoms with van der Waals surface area (Å²) in [6.07, 6.45) is -1.39. The summed E-state index contributed by atoms with van der Waals surface area (Å²) in [5.74, 6) is 0. The van der Waals surface area contributed by atoms with E-state index >= 15 is 0 Å². The fraction of sp³-hybridized carbons (Fsp3) is 0.400. The molecule has 1 heterocycles. The molecular weight excluding hydrogens is 479 g/mol. The van der Waals surface area contributed by atoms with Crippen LogP contribution < -0.4 is 0 Å². The normalized spacial score (nSPS) is 25.0. The van der Waals surface area contributed by atoms with Crippen LogP contribution in [0.1, 0.15) is 11.1 Å². The number of halogens is 1. The van der Waals surface area contributed by atoms with Crippen LogP contribution in [0.2, 0.25) is 0 Å². The first-order chi connectivity index (χ1) is 13.3. The van der Waals surface area contributed by atoms with Gasteiger partial charge in [0.2, 0.25) is 0 Å². The van der Waals surface area contributed by atoms with Crippen molar-refractivity contribution in [1.82, 2.24) is 0 Å². The molecule has 0 saturated carbocycles. The Morgan fingerprint density at radius 1 is 0.889 bits per heavy atom. The van der Waals surface area contributed by atoms with Crippen molar-refractivity contribution in [2.75, 3.05) is 13.7 Å². The molecular formula is C20H23IO5S. The van der Waals surface area contributed by atoms with Gasteiger partial charge in [-0.15, -0.1) is 0 Å². The first-order valence-electron chi connectivity index (χ1n) is 8.71. The molecule has 4 atom stereocenters. The zero-order chi connectivity index (χ0) is 18.9. The lowest BCUT2D eigenvalue weighted by molar-refractivity contribution is -0.168. The third kappa shape index (κ3) is 6.15. The van der Waals surface area contributed by atoms with Crippen molar-refractivity contribution in [2.45, 2.75) is 37.8 Å². The van der Waals surface area contributed by atoms with Crippen LogP contribution in [0.3, 0.4) is 0 Å². The molecule has 3 rings (SSSR count). The molecule has 2 aromatic carbocycles. The molecule has 0 spiro atoms. The molecule has 0 N–H and O–H groups in total. The molecule has 146 valence electrons. The molecule has 0 amide bonds. The highest BCUT2D eigenvalue weighted by Crippen LogP contribution is 2.30. The highest BCUT2D eigenvalue weighted by atomic mass is 127. The number of benzene rings is 2. The predicted octanol–water partition coefficient (Wildman–Crippen LogP) is 4.54. The van der Waals surface area contributed by atoms with Crippen LogP contribution >= 0.6 is 30.4 Å². The average Bonchev–Trinajstić information content (AvgIpc) is 3.07. The van der Waals surface area contributed by atoms with E-state index in [4.69, 9.17) is 23.1 Å². The fourth-order valence-corrected chi connectivity index (χ4v) is 3.65. The SMILES string of the molecule is COC1OC(COSI)C(OCc2ccccc2)C1OCc1ccccc1. The first-order valence-corrected chi connectivity index (χ1v) is 12.0. The van der Waals surface area contributed by atoms with Crippen LogP contribution in [0.4, 0.5) is 0 Å². The Morgan fingerprint density at radius 2 is 1.44 bits per heavy atom. The van der Waals surface area contributed by atoms with Gasteiger partial charge in [-0.05, 0) is 11.1 Å². The van der Waals surface area contributed by atoms with Crippen molar-refractivity contribution in [3.8, 4) is 0 Å². The lowest BCUT2D eigenvalue weighted by atomic mass is 10.1. The molecule has 4 unspecified atom stereocenters. The summed E-state index contributed by atoms with van der Waals surface area (Å²) in [5, 5.41) is 0. The van der Waals surface area contributed by atoms with Gasteiger partial charge >= 0.3 is 0 Å². The van der Waals surface area contributed by atoms with Gasteiger partial charge < -0.3 is 23.1 Å². The molecule has 1 aliphatic heterocycles. The lowest BCUT2D eigenvalue weighted by Crippen LogP contribution is -2.39. The van der Waals surface area contributed by atoms with E-state index in [0.29, 0.717) is 19.8 Å². The van der Waals surface area contributed by atoms with Crippen molar-refractivity contribution >= 4 is 30.4 Å². The van der Waals surface area contributed by atoms with Gasteiger partial charge in [-0.1, -0.05) is 60.7 Å². The zero-order valence-corrected chi connectivity index (χ0v) is 18.0. The van der Waals surface area contributed by atoms with E-state index in [9.17, 15) is 0 Å². The summed E-state index contributed by atoms with van der Waals surface area (Å²) < 4.78 is 29.4. The summed E-state index contributed by atoms with van der Waals surface area (Å²) in [6, 6.07) is 20.1. The van der Waals surface area contributed by atoms with Crippen molar-refractivity contribution in [1.29, 1.82) is 0 Å². The largest absolute Gasteiger partial charge is 0.368 e. The van der Waals surface area contributed by atoms with E-state index in [-0.39, 0.29) is 18.3 Å². The van der Waals surface area contributed by atoms with E-state index < -0.39 is 6.29 Å². The average molecular weight is 502 g/mol. The molecule has 5 nitrogen and oxygen atoms in total. The number of ether oxygens (including phenoxy) is 4. The summed E-state index contributed by atoms with van der Waals surface area (Å²) in [4.78, 5) is 0. The van der Waals surface area contributed by atoms with Gasteiger partial charge in [-0.2, -0.15) is 0 Å². The van der Waals surface area contributed by atoms with Gasteiger partial charge in [-0.3, -0.25) is 0 Å². The van der Waals surface area contributed by atoms with E-state index in [1.165, 1.54) is 9.21 Å². The van der Waals surface area contributed by atoms with Crippen molar-refractivity contribution < 1.29 is 23.1 Å². The third-order valence-corrected chi connectivity index (χ3v) is 5.34. The molecule has 7 heteroatoms.